The average molecular weight is 575 g/mol. The predicted molar refractivity (Wildman–Crippen MR) is 150 cm³/mol. The number of ether oxygens (including phenoxy) is 1. The summed E-state index contributed by atoms with van der Waals surface area (Å²) in [5, 5.41) is -4.45. The monoisotopic (exact) mass is 574 g/mol. The summed E-state index contributed by atoms with van der Waals surface area (Å²) in [5.41, 5.74) is 5.16. The number of halogens is 2. The zero-order chi connectivity index (χ0) is 28.0. The van der Waals surface area contributed by atoms with Gasteiger partial charge in [-0.3, -0.25) is 9.35 Å². The van der Waals surface area contributed by atoms with Gasteiger partial charge < -0.3 is 4.74 Å². The molecule has 39 heavy (non-hydrogen) atoms. The van der Waals surface area contributed by atoms with Crippen molar-refractivity contribution in [3.63, 3.8) is 0 Å². The second-order valence-corrected chi connectivity index (χ2v) is 12.4. The molecule has 2 saturated carbocycles. The van der Waals surface area contributed by atoms with E-state index in [1.54, 1.807) is 11.8 Å². The van der Waals surface area contributed by atoms with Crippen LogP contribution in [0, 0.1) is 17.8 Å². The molecule has 3 aromatic carbocycles. The van der Waals surface area contributed by atoms with Crippen LogP contribution in [0.4, 0.5) is 8.78 Å². The lowest BCUT2D eigenvalue weighted by Gasteiger charge is -2.21. The van der Waals surface area contributed by atoms with E-state index in [4.69, 9.17) is 4.55 Å². The van der Waals surface area contributed by atoms with Gasteiger partial charge in [0.15, 0.2) is 6.61 Å². The Balaban J connectivity index is 0.000000181. The van der Waals surface area contributed by atoms with Crippen molar-refractivity contribution in [2.75, 3.05) is 12.9 Å². The van der Waals surface area contributed by atoms with E-state index in [0.717, 1.165) is 25.7 Å². The Morgan fingerprint density at radius 2 is 1.59 bits per heavy atom. The Morgan fingerprint density at radius 1 is 0.949 bits per heavy atom. The van der Waals surface area contributed by atoms with Gasteiger partial charge >= 0.3 is 21.3 Å². The molecule has 1 N–H and O–H groups in total. The minimum Gasteiger partial charge on any atom is -0.458 e. The molecule has 3 atom stereocenters. The molecule has 5 nitrogen and oxygen atoms in total. The summed E-state index contributed by atoms with van der Waals surface area (Å²) in [6, 6.07) is 27.8. The third-order valence-corrected chi connectivity index (χ3v) is 9.14. The topological polar surface area (TPSA) is 80.7 Å². The molecule has 3 aromatic rings. The van der Waals surface area contributed by atoms with Crippen molar-refractivity contribution in [2.24, 2.45) is 17.8 Å². The zero-order valence-corrected chi connectivity index (χ0v) is 23.3. The van der Waals surface area contributed by atoms with E-state index >= 15 is 0 Å². The van der Waals surface area contributed by atoms with E-state index in [1.807, 2.05) is 0 Å². The molecule has 0 spiro atoms. The lowest BCUT2D eigenvalue weighted by Crippen LogP contribution is -2.35. The molecular formula is C30H32F2O5S2. The van der Waals surface area contributed by atoms with Crippen molar-refractivity contribution in [3.05, 3.63) is 78.9 Å². The minimum absolute atomic E-state index is 0.0444. The fourth-order valence-electron chi connectivity index (χ4n) is 5.60. The zero-order valence-electron chi connectivity index (χ0n) is 21.6. The number of fused-ring (bicyclic) bond motifs is 2. The summed E-state index contributed by atoms with van der Waals surface area (Å²) in [6.07, 6.45) is 6.40. The summed E-state index contributed by atoms with van der Waals surface area (Å²) in [6.45, 7) is -1.63. The van der Waals surface area contributed by atoms with Gasteiger partial charge in [-0.2, -0.15) is 17.2 Å². The molecule has 0 radical (unpaired) electrons. The second kappa shape index (κ2) is 12.6. The highest BCUT2D eigenvalue weighted by atomic mass is 32.2. The van der Waals surface area contributed by atoms with Crippen LogP contribution < -0.4 is 0 Å². The van der Waals surface area contributed by atoms with Crippen LogP contribution in [0.1, 0.15) is 32.1 Å². The van der Waals surface area contributed by atoms with E-state index in [1.165, 1.54) is 27.1 Å². The first-order valence-electron chi connectivity index (χ1n) is 12.9. The van der Waals surface area contributed by atoms with Crippen LogP contribution in [0.25, 0.3) is 22.3 Å². The Bertz CT molecular complexity index is 1360. The van der Waals surface area contributed by atoms with Crippen LogP contribution in [-0.2, 0) is 19.6 Å². The molecule has 3 unspecified atom stereocenters. The molecule has 2 aliphatic rings. The molecule has 0 aliphatic heterocycles. The molecule has 9 heteroatoms. The number of benzene rings is 3. The minimum atomic E-state index is -5.54. The summed E-state index contributed by atoms with van der Waals surface area (Å²) in [5.74, 6) is 0.410. The van der Waals surface area contributed by atoms with Crippen LogP contribution in [0.15, 0.2) is 83.8 Å². The van der Waals surface area contributed by atoms with Crippen LogP contribution in [0.3, 0.4) is 0 Å². The molecule has 2 fully saturated rings. The van der Waals surface area contributed by atoms with Crippen molar-refractivity contribution in [1.29, 1.82) is 0 Å². The lowest BCUT2D eigenvalue weighted by atomic mass is 9.86. The molecule has 5 rings (SSSR count). The molecule has 0 saturated heterocycles. The SMILES string of the molecule is CSc1cccc(-c2ccccc2)c1-c1ccccc1.O=C(CC1CC2CCC1C2)OCC(F)(F)S(=O)(=O)O. The Hall–Kier alpha value is -2.75. The number of carbonyl (C=O) groups excluding carboxylic acids is 1. The van der Waals surface area contributed by atoms with Gasteiger partial charge in [-0.05, 0) is 66.0 Å². The first-order valence-corrected chi connectivity index (χ1v) is 15.5. The third kappa shape index (κ3) is 7.26. The summed E-state index contributed by atoms with van der Waals surface area (Å²) in [7, 11) is -5.54. The first kappa shape index (κ1) is 29.2. The van der Waals surface area contributed by atoms with Crippen LogP contribution >= 0.6 is 11.8 Å². The van der Waals surface area contributed by atoms with Gasteiger partial charge in [-0.1, -0.05) is 79.2 Å². The maximum atomic E-state index is 12.8. The van der Waals surface area contributed by atoms with E-state index < -0.39 is 27.9 Å². The molecule has 0 amide bonds. The van der Waals surface area contributed by atoms with Crippen molar-refractivity contribution in [3.8, 4) is 22.3 Å². The Morgan fingerprint density at radius 3 is 2.13 bits per heavy atom. The molecule has 0 heterocycles. The first-order chi connectivity index (χ1) is 18.6. The standard InChI is InChI=1S/C19H16S.C11H16F2O5S/c1-20-18-14-8-13-17(15-9-4-2-5-10-15)19(18)16-11-6-3-7-12-16;12-11(13,19(15,16)17)6-18-10(14)5-9-4-7-1-2-8(9)3-7/h2-14H,1H3;7-9H,1-6H2,(H,15,16,17). The van der Waals surface area contributed by atoms with Gasteiger partial charge in [-0.15, -0.1) is 11.8 Å². The number of hydrogen-bond donors (Lipinski definition) is 1. The molecule has 2 bridgehead atoms. The third-order valence-electron chi connectivity index (χ3n) is 7.49. The van der Waals surface area contributed by atoms with Crippen molar-refractivity contribution in [2.45, 2.75) is 42.3 Å². The fraction of sp³-hybridized carbons (Fsp3) is 0.367. The van der Waals surface area contributed by atoms with Crippen molar-refractivity contribution >= 4 is 27.8 Å². The van der Waals surface area contributed by atoms with Crippen LogP contribution in [0.5, 0.6) is 0 Å². The number of alkyl halides is 2. The van der Waals surface area contributed by atoms with Gasteiger partial charge in [-0.25, -0.2) is 0 Å². The number of rotatable bonds is 8. The van der Waals surface area contributed by atoms with Gasteiger partial charge in [0, 0.05) is 16.9 Å². The maximum absolute atomic E-state index is 12.8. The average Bonchev–Trinajstić information content (AvgIpc) is 3.56. The quantitative estimate of drug-likeness (QED) is 0.170. The molecule has 0 aromatic heterocycles. The molecular weight excluding hydrogens is 542 g/mol. The van der Waals surface area contributed by atoms with Gasteiger partial charge in [0.25, 0.3) is 0 Å². The van der Waals surface area contributed by atoms with Crippen molar-refractivity contribution in [1.82, 2.24) is 0 Å². The smallest absolute Gasteiger partial charge is 0.402 e. The van der Waals surface area contributed by atoms with Crippen LogP contribution in [0.2, 0.25) is 0 Å². The summed E-state index contributed by atoms with van der Waals surface area (Å²) in [4.78, 5) is 12.7. The number of esters is 1. The highest BCUT2D eigenvalue weighted by molar-refractivity contribution is 7.98. The maximum Gasteiger partial charge on any atom is 0.402 e. The van der Waals surface area contributed by atoms with E-state index in [9.17, 15) is 22.0 Å². The Labute approximate surface area is 232 Å². The lowest BCUT2D eigenvalue weighted by molar-refractivity contribution is -0.151. The van der Waals surface area contributed by atoms with E-state index in [2.05, 4.69) is 89.9 Å². The van der Waals surface area contributed by atoms with Crippen molar-refractivity contribution < 1.29 is 31.3 Å². The highest BCUT2D eigenvalue weighted by Gasteiger charge is 2.46. The van der Waals surface area contributed by atoms with Gasteiger partial charge in [0.1, 0.15) is 0 Å². The molecule has 208 valence electrons. The van der Waals surface area contributed by atoms with Gasteiger partial charge in [0.2, 0.25) is 0 Å². The van der Waals surface area contributed by atoms with Crippen LogP contribution in [-0.4, -0.2) is 37.1 Å². The number of thioether (sulfide) groups is 1. The normalized spacial score (nSPS) is 20.3. The summed E-state index contributed by atoms with van der Waals surface area (Å²) < 4.78 is 58.9. The van der Waals surface area contributed by atoms with E-state index in [-0.39, 0.29) is 12.3 Å². The fourth-order valence-corrected chi connectivity index (χ4v) is 6.45. The largest absolute Gasteiger partial charge is 0.458 e. The highest BCUT2D eigenvalue weighted by Crippen LogP contribution is 2.49. The summed E-state index contributed by atoms with van der Waals surface area (Å²) >= 11 is 1.80. The Kier molecular flexibility index (Phi) is 9.46. The van der Waals surface area contributed by atoms with E-state index in [0.29, 0.717) is 11.8 Å². The number of carbonyl (C=O) groups is 1. The second-order valence-electron chi connectivity index (χ2n) is 10.0. The van der Waals surface area contributed by atoms with Gasteiger partial charge in [0.05, 0.1) is 0 Å². The molecule has 2 aliphatic carbocycles. The predicted octanol–water partition coefficient (Wildman–Crippen LogP) is 7.58. The number of hydrogen-bond acceptors (Lipinski definition) is 5.